The number of benzene rings is 4. The maximum atomic E-state index is 2.24. The van der Waals surface area contributed by atoms with Crippen LogP contribution in [-0.4, -0.2) is 14.1 Å². The minimum atomic E-state index is 1.25. The number of rotatable bonds is 2. The highest BCUT2D eigenvalue weighted by atomic mass is 15.1. The summed E-state index contributed by atoms with van der Waals surface area (Å²) in [5.74, 6) is 0. The molecule has 0 unspecified atom stereocenters. The van der Waals surface area contributed by atoms with Gasteiger partial charge in [-0.1, -0.05) is 140 Å². The first-order chi connectivity index (χ1) is 19.6. The summed E-state index contributed by atoms with van der Waals surface area (Å²) in [7, 11) is 4.23. The predicted octanol–water partition coefficient (Wildman–Crippen LogP) is 12.1. The molecular weight excluding hydrogens is 484 g/mol. The molecule has 0 saturated heterocycles. The molecule has 0 amide bonds. The number of fused-ring (bicyclic) bond motifs is 2. The second kappa shape index (κ2) is 21.1. The van der Waals surface area contributed by atoms with Gasteiger partial charge >= 0.3 is 0 Å². The SMILES string of the molecule is CC.CC.CC.CC.CN1c2ccccc2C=Cc2ccccc21.Cc1ccccc1N(C)c1ccccc1C. The lowest BCUT2D eigenvalue weighted by Crippen LogP contribution is -2.11. The fourth-order valence-corrected chi connectivity index (χ4v) is 4.19. The first kappa shape index (κ1) is 36.2. The van der Waals surface area contributed by atoms with Crippen molar-refractivity contribution in [2.75, 3.05) is 23.9 Å². The molecule has 0 bridgehead atoms. The topological polar surface area (TPSA) is 6.48 Å². The van der Waals surface area contributed by atoms with Gasteiger partial charge in [0.25, 0.3) is 0 Å². The number of hydrogen-bond acceptors (Lipinski definition) is 2. The lowest BCUT2D eigenvalue weighted by Gasteiger charge is -2.23. The van der Waals surface area contributed by atoms with E-state index in [4.69, 9.17) is 0 Å². The molecule has 1 heterocycles. The summed E-state index contributed by atoms with van der Waals surface area (Å²) in [5, 5.41) is 0. The summed E-state index contributed by atoms with van der Waals surface area (Å²) < 4.78 is 0. The standard InChI is InChI=1S/C15H13N.C15H17N.4C2H6/c1-16-14-8-4-2-6-12(14)10-11-13-7-3-5-9-15(13)16;1-12-8-4-6-10-14(12)16(3)15-11-7-5-9-13(15)2;4*1-2/h2-11H,1H3;4-11H,1-3H3;4*1-2H3. The van der Waals surface area contributed by atoms with Crippen LogP contribution in [0.4, 0.5) is 22.7 Å². The molecule has 1 aliphatic heterocycles. The van der Waals surface area contributed by atoms with Crippen molar-refractivity contribution < 1.29 is 0 Å². The Hall–Kier alpha value is -3.78. The molecule has 216 valence electrons. The van der Waals surface area contributed by atoms with E-state index >= 15 is 0 Å². The third-order valence-corrected chi connectivity index (χ3v) is 5.99. The molecule has 0 saturated carbocycles. The Morgan fingerprint density at radius 1 is 0.450 bits per heavy atom. The van der Waals surface area contributed by atoms with Gasteiger partial charge in [-0.25, -0.2) is 0 Å². The number of anilines is 4. The minimum absolute atomic E-state index is 1.25. The van der Waals surface area contributed by atoms with Crippen molar-refractivity contribution in [1.82, 2.24) is 0 Å². The van der Waals surface area contributed by atoms with Crippen molar-refractivity contribution in [1.29, 1.82) is 0 Å². The van der Waals surface area contributed by atoms with E-state index < -0.39 is 0 Å². The molecule has 0 N–H and O–H groups in total. The molecule has 2 heteroatoms. The summed E-state index contributed by atoms with van der Waals surface area (Å²) in [6.07, 6.45) is 4.36. The zero-order valence-electron chi connectivity index (χ0n) is 27.3. The average Bonchev–Trinajstić information content (AvgIpc) is 3.18. The molecule has 1 aliphatic rings. The van der Waals surface area contributed by atoms with Crippen LogP contribution in [0.15, 0.2) is 97.1 Å². The highest BCUT2D eigenvalue weighted by Gasteiger charge is 2.12. The van der Waals surface area contributed by atoms with Crippen molar-refractivity contribution in [3.05, 3.63) is 119 Å². The Bertz CT molecular complexity index is 1140. The van der Waals surface area contributed by atoms with Crippen LogP contribution >= 0.6 is 0 Å². The van der Waals surface area contributed by atoms with Crippen LogP contribution in [0, 0.1) is 13.8 Å². The second-order valence-electron chi connectivity index (χ2n) is 8.14. The molecule has 0 radical (unpaired) electrons. The molecule has 40 heavy (non-hydrogen) atoms. The van der Waals surface area contributed by atoms with Crippen LogP contribution in [0.1, 0.15) is 77.6 Å². The molecule has 0 spiro atoms. The van der Waals surface area contributed by atoms with E-state index in [1.807, 2.05) is 55.4 Å². The fourth-order valence-electron chi connectivity index (χ4n) is 4.19. The van der Waals surface area contributed by atoms with Gasteiger partial charge in [-0.05, 0) is 60.4 Å². The lowest BCUT2D eigenvalue weighted by atomic mass is 10.1. The van der Waals surface area contributed by atoms with Crippen molar-refractivity contribution in [3.63, 3.8) is 0 Å². The Morgan fingerprint density at radius 3 is 1.10 bits per heavy atom. The van der Waals surface area contributed by atoms with Gasteiger partial charge in [0.05, 0.1) is 0 Å². The smallest absolute Gasteiger partial charge is 0.0481 e. The van der Waals surface area contributed by atoms with E-state index in [2.05, 4.69) is 147 Å². The van der Waals surface area contributed by atoms with Gasteiger partial charge in [-0.3, -0.25) is 0 Å². The van der Waals surface area contributed by atoms with E-state index in [0.29, 0.717) is 0 Å². The van der Waals surface area contributed by atoms with E-state index in [1.165, 1.54) is 45.0 Å². The molecule has 5 rings (SSSR count). The van der Waals surface area contributed by atoms with Crippen LogP contribution in [-0.2, 0) is 0 Å². The molecular formula is C38H54N2. The maximum Gasteiger partial charge on any atom is 0.0481 e. The van der Waals surface area contributed by atoms with Gasteiger partial charge in [0.15, 0.2) is 0 Å². The van der Waals surface area contributed by atoms with Crippen molar-refractivity contribution >= 4 is 34.9 Å². The largest absolute Gasteiger partial charge is 0.344 e. The summed E-state index contributed by atoms with van der Waals surface area (Å²) in [6.45, 7) is 20.3. The Balaban J connectivity index is 0.000000610. The van der Waals surface area contributed by atoms with Crippen LogP contribution in [0.5, 0.6) is 0 Å². The van der Waals surface area contributed by atoms with Crippen LogP contribution in [0.2, 0.25) is 0 Å². The number of hydrogen-bond donors (Lipinski definition) is 0. The number of para-hydroxylation sites is 4. The van der Waals surface area contributed by atoms with Gasteiger partial charge in [-0.15, -0.1) is 0 Å². The zero-order chi connectivity index (χ0) is 30.5. The molecule has 0 aromatic heterocycles. The average molecular weight is 539 g/mol. The first-order valence-corrected chi connectivity index (χ1v) is 15.0. The Labute approximate surface area is 247 Å². The van der Waals surface area contributed by atoms with Crippen molar-refractivity contribution in [2.24, 2.45) is 0 Å². The quantitative estimate of drug-likeness (QED) is 0.250. The Morgan fingerprint density at radius 2 is 0.750 bits per heavy atom. The molecule has 0 aliphatic carbocycles. The van der Waals surface area contributed by atoms with E-state index in [1.54, 1.807) is 0 Å². The molecule has 0 atom stereocenters. The maximum absolute atomic E-state index is 2.24. The van der Waals surface area contributed by atoms with E-state index in [-0.39, 0.29) is 0 Å². The summed E-state index contributed by atoms with van der Waals surface area (Å²) >= 11 is 0. The highest BCUT2D eigenvalue weighted by Crippen LogP contribution is 2.34. The Kier molecular flexibility index (Phi) is 19.1. The van der Waals surface area contributed by atoms with Gasteiger partial charge in [0.1, 0.15) is 0 Å². The first-order valence-electron chi connectivity index (χ1n) is 15.0. The predicted molar refractivity (Wildman–Crippen MR) is 186 cm³/mol. The molecule has 4 aromatic rings. The molecule has 2 nitrogen and oxygen atoms in total. The van der Waals surface area contributed by atoms with Gasteiger partial charge in [0, 0.05) is 36.8 Å². The second-order valence-corrected chi connectivity index (χ2v) is 8.14. The highest BCUT2D eigenvalue weighted by molar-refractivity contribution is 5.88. The third kappa shape index (κ3) is 10.1. The van der Waals surface area contributed by atoms with Crippen molar-refractivity contribution in [2.45, 2.75) is 69.2 Å². The van der Waals surface area contributed by atoms with Crippen LogP contribution in [0.3, 0.4) is 0 Å². The molecule has 0 fully saturated rings. The number of nitrogens with zero attached hydrogens (tertiary/aromatic N) is 2. The van der Waals surface area contributed by atoms with Gasteiger partial charge in [-0.2, -0.15) is 0 Å². The van der Waals surface area contributed by atoms with Crippen LogP contribution in [0.25, 0.3) is 12.2 Å². The number of aryl methyl sites for hydroxylation is 2. The normalized spacial score (nSPS) is 9.85. The molecule has 4 aromatic carbocycles. The summed E-state index contributed by atoms with van der Waals surface area (Å²) in [4.78, 5) is 4.48. The summed E-state index contributed by atoms with van der Waals surface area (Å²) in [5.41, 5.74) is 10.2. The van der Waals surface area contributed by atoms with Gasteiger partial charge in [0.2, 0.25) is 0 Å². The fraction of sp³-hybridized carbons (Fsp3) is 0.316. The third-order valence-electron chi connectivity index (χ3n) is 5.99. The van der Waals surface area contributed by atoms with Gasteiger partial charge < -0.3 is 9.80 Å². The summed E-state index contributed by atoms with van der Waals surface area (Å²) in [6, 6.07) is 33.8. The lowest BCUT2D eigenvalue weighted by molar-refractivity contribution is 1.17. The zero-order valence-corrected chi connectivity index (χ0v) is 27.3. The van der Waals surface area contributed by atoms with Crippen molar-refractivity contribution in [3.8, 4) is 0 Å². The monoisotopic (exact) mass is 538 g/mol. The van der Waals surface area contributed by atoms with Crippen LogP contribution < -0.4 is 9.80 Å². The van der Waals surface area contributed by atoms with E-state index in [9.17, 15) is 0 Å². The van der Waals surface area contributed by atoms with E-state index in [0.717, 1.165) is 0 Å². The minimum Gasteiger partial charge on any atom is -0.344 e.